The van der Waals surface area contributed by atoms with Gasteiger partial charge in [0, 0.05) is 26.2 Å². The van der Waals surface area contributed by atoms with Gasteiger partial charge in [-0.05, 0) is 25.2 Å². The van der Waals surface area contributed by atoms with Crippen molar-refractivity contribution in [2.45, 2.75) is 32.7 Å². The Morgan fingerprint density at radius 1 is 1.26 bits per heavy atom. The smallest absolute Gasteiger partial charge is 0.216 e. The highest BCUT2D eigenvalue weighted by molar-refractivity contribution is 5.47. The summed E-state index contributed by atoms with van der Waals surface area (Å²) in [5.41, 5.74) is 2.11. The minimum Gasteiger partial charge on any atom is -0.481 e. The van der Waals surface area contributed by atoms with Gasteiger partial charge in [-0.15, -0.1) is 0 Å². The van der Waals surface area contributed by atoms with Gasteiger partial charge in [-0.25, -0.2) is 14.6 Å². The predicted molar refractivity (Wildman–Crippen MR) is 89.7 cm³/mol. The molecule has 0 spiro atoms. The summed E-state index contributed by atoms with van der Waals surface area (Å²) in [5, 5.41) is 11.2. The number of nitrogens with one attached hydrogen (secondary N) is 2. The molecular formula is C16H24N6O. The molecule has 0 saturated heterocycles. The first-order valence-corrected chi connectivity index (χ1v) is 8.09. The molecule has 1 fully saturated rings. The second-order valence-electron chi connectivity index (χ2n) is 5.88. The van der Waals surface area contributed by atoms with Crippen LogP contribution >= 0.6 is 0 Å². The Hall–Kier alpha value is -2.31. The number of methoxy groups -OCH3 is 1. The van der Waals surface area contributed by atoms with Crippen LogP contribution in [0.25, 0.3) is 0 Å². The molecule has 7 nitrogen and oxygen atoms in total. The van der Waals surface area contributed by atoms with Crippen LogP contribution in [0.4, 0.5) is 11.6 Å². The first-order valence-electron chi connectivity index (χ1n) is 8.09. The van der Waals surface area contributed by atoms with E-state index in [0.717, 1.165) is 47.7 Å². The van der Waals surface area contributed by atoms with Crippen molar-refractivity contribution in [3.8, 4) is 5.88 Å². The molecule has 1 aliphatic rings. The third-order valence-corrected chi connectivity index (χ3v) is 4.08. The third-order valence-electron chi connectivity index (χ3n) is 4.08. The van der Waals surface area contributed by atoms with Gasteiger partial charge in [-0.3, -0.25) is 0 Å². The van der Waals surface area contributed by atoms with Crippen LogP contribution in [0.1, 0.15) is 31.0 Å². The predicted octanol–water partition coefficient (Wildman–Crippen LogP) is 2.22. The minimum absolute atomic E-state index is 0.624. The average molecular weight is 316 g/mol. The molecule has 2 N–H and O–H groups in total. The van der Waals surface area contributed by atoms with Crippen LogP contribution in [0.5, 0.6) is 5.88 Å². The first kappa shape index (κ1) is 15.6. The summed E-state index contributed by atoms with van der Waals surface area (Å²) in [6, 6.07) is 1.94. The highest BCUT2D eigenvalue weighted by Gasteiger charge is 2.20. The normalized spacial score (nSPS) is 13.9. The summed E-state index contributed by atoms with van der Waals surface area (Å²) < 4.78 is 7.23. The Morgan fingerprint density at radius 3 is 2.65 bits per heavy atom. The lowest BCUT2D eigenvalue weighted by Crippen LogP contribution is -2.08. The van der Waals surface area contributed by atoms with E-state index < -0.39 is 0 Å². The molecule has 3 rings (SSSR count). The SMILES string of the molecule is CCc1nn(C)c(OC)c1CNc1cc(NCC2CC2)ncn1. The Morgan fingerprint density at radius 2 is 2.00 bits per heavy atom. The molecule has 0 radical (unpaired) electrons. The number of aryl methyl sites for hydroxylation is 2. The molecule has 124 valence electrons. The van der Waals surface area contributed by atoms with Crippen molar-refractivity contribution >= 4 is 11.6 Å². The molecule has 1 saturated carbocycles. The maximum atomic E-state index is 5.46. The van der Waals surface area contributed by atoms with Gasteiger partial charge < -0.3 is 15.4 Å². The molecule has 23 heavy (non-hydrogen) atoms. The summed E-state index contributed by atoms with van der Waals surface area (Å²) in [5.74, 6) is 3.26. The van der Waals surface area contributed by atoms with Crippen molar-refractivity contribution in [1.29, 1.82) is 0 Å². The zero-order valence-electron chi connectivity index (χ0n) is 14.0. The quantitative estimate of drug-likeness (QED) is 0.777. The van der Waals surface area contributed by atoms with Crippen molar-refractivity contribution in [2.24, 2.45) is 13.0 Å². The van der Waals surface area contributed by atoms with Crippen LogP contribution < -0.4 is 15.4 Å². The largest absolute Gasteiger partial charge is 0.481 e. The maximum Gasteiger partial charge on any atom is 0.216 e. The van der Waals surface area contributed by atoms with Gasteiger partial charge in [0.05, 0.1) is 18.4 Å². The molecule has 2 aromatic heterocycles. The Bertz CT molecular complexity index is 665. The molecule has 2 aromatic rings. The Balaban J connectivity index is 1.66. The van der Waals surface area contributed by atoms with E-state index in [1.54, 1.807) is 18.1 Å². The van der Waals surface area contributed by atoms with Gasteiger partial charge in [0.2, 0.25) is 5.88 Å². The second-order valence-corrected chi connectivity index (χ2v) is 5.88. The summed E-state index contributed by atoms with van der Waals surface area (Å²) in [4.78, 5) is 8.55. The highest BCUT2D eigenvalue weighted by atomic mass is 16.5. The van der Waals surface area contributed by atoms with Gasteiger partial charge in [-0.2, -0.15) is 5.10 Å². The van der Waals surface area contributed by atoms with E-state index in [1.165, 1.54) is 12.8 Å². The lowest BCUT2D eigenvalue weighted by molar-refractivity contribution is 0.369. The minimum atomic E-state index is 0.624. The number of rotatable bonds is 8. The number of ether oxygens (including phenoxy) is 1. The number of hydrogen-bond acceptors (Lipinski definition) is 6. The summed E-state index contributed by atoms with van der Waals surface area (Å²) in [7, 11) is 3.57. The number of nitrogens with zero attached hydrogens (tertiary/aromatic N) is 4. The molecule has 7 heteroatoms. The second kappa shape index (κ2) is 6.85. The fourth-order valence-electron chi connectivity index (χ4n) is 2.62. The van der Waals surface area contributed by atoms with Crippen molar-refractivity contribution in [1.82, 2.24) is 19.7 Å². The van der Waals surface area contributed by atoms with Crippen LogP contribution in [0.15, 0.2) is 12.4 Å². The van der Waals surface area contributed by atoms with E-state index in [-0.39, 0.29) is 0 Å². The molecule has 0 atom stereocenters. The van der Waals surface area contributed by atoms with Crippen LogP contribution in [0.2, 0.25) is 0 Å². The molecule has 0 aliphatic heterocycles. The zero-order valence-corrected chi connectivity index (χ0v) is 14.0. The van der Waals surface area contributed by atoms with E-state index in [1.807, 2.05) is 13.1 Å². The van der Waals surface area contributed by atoms with Crippen LogP contribution in [0.3, 0.4) is 0 Å². The summed E-state index contributed by atoms with van der Waals surface area (Å²) in [6.07, 6.45) is 5.10. The van der Waals surface area contributed by atoms with Crippen molar-refractivity contribution < 1.29 is 4.74 Å². The fraction of sp³-hybridized carbons (Fsp3) is 0.562. The molecule has 0 amide bonds. The fourth-order valence-corrected chi connectivity index (χ4v) is 2.62. The highest BCUT2D eigenvalue weighted by Crippen LogP contribution is 2.29. The molecule has 1 aliphatic carbocycles. The van der Waals surface area contributed by atoms with E-state index in [0.29, 0.717) is 6.54 Å². The van der Waals surface area contributed by atoms with E-state index in [9.17, 15) is 0 Å². The van der Waals surface area contributed by atoms with Crippen LogP contribution in [-0.4, -0.2) is 33.4 Å². The van der Waals surface area contributed by atoms with Crippen molar-refractivity contribution in [3.63, 3.8) is 0 Å². The van der Waals surface area contributed by atoms with E-state index >= 15 is 0 Å². The Labute approximate surface area is 136 Å². The first-order chi connectivity index (χ1) is 11.2. The third kappa shape index (κ3) is 3.72. The molecule has 0 bridgehead atoms. The van der Waals surface area contributed by atoms with Gasteiger partial charge in [0.1, 0.15) is 18.0 Å². The number of hydrogen-bond donors (Lipinski definition) is 2. The van der Waals surface area contributed by atoms with Gasteiger partial charge in [0.25, 0.3) is 0 Å². The van der Waals surface area contributed by atoms with Gasteiger partial charge in [-0.1, -0.05) is 6.92 Å². The number of aromatic nitrogens is 4. The summed E-state index contributed by atoms with van der Waals surface area (Å²) >= 11 is 0. The molecule has 2 heterocycles. The average Bonchev–Trinajstić information content (AvgIpc) is 3.34. The lowest BCUT2D eigenvalue weighted by atomic mass is 10.2. The van der Waals surface area contributed by atoms with Crippen LogP contribution in [-0.2, 0) is 20.0 Å². The molecular weight excluding hydrogens is 292 g/mol. The lowest BCUT2D eigenvalue weighted by Gasteiger charge is -2.09. The van der Waals surface area contributed by atoms with E-state index in [2.05, 4.69) is 32.6 Å². The van der Waals surface area contributed by atoms with E-state index in [4.69, 9.17) is 4.74 Å². The number of anilines is 2. The van der Waals surface area contributed by atoms with Crippen LogP contribution in [0, 0.1) is 5.92 Å². The molecule has 0 unspecified atom stereocenters. The topological polar surface area (TPSA) is 76.9 Å². The van der Waals surface area contributed by atoms with Gasteiger partial charge >= 0.3 is 0 Å². The van der Waals surface area contributed by atoms with Crippen molar-refractivity contribution in [2.75, 3.05) is 24.3 Å². The Kier molecular flexibility index (Phi) is 4.64. The van der Waals surface area contributed by atoms with Gasteiger partial charge in [0.15, 0.2) is 0 Å². The standard InChI is InChI=1S/C16H24N6O/c1-4-13-12(16(23-3)22(2)21-13)9-18-15-7-14(19-10-20-15)17-8-11-5-6-11/h7,10-11H,4-6,8-9H2,1-3H3,(H2,17,18,19,20). The zero-order chi connectivity index (χ0) is 16.2. The molecule has 0 aromatic carbocycles. The maximum absolute atomic E-state index is 5.46. The monoisotopic (exact) mass is 316 g/mol. The summed E-state index contributed by atoms with van der Waals surface area (Å²) in [6.45, 7) is 3.71. The van der Waals surface area contributed by atoms with Crippen molar-refractivity contribution in [3.05, 3.63) is 23.7 Å².